The Kier molecular flexibility index (Phi) is 5.48. The molecule has 2 aromatic rings. The molecule has 1 aliphatic heterocycles. The van der Waals surface area contributed by atoms with Crippen molar-refractivity contribution in [2.24, 2.45) is 4.99 Å². The first kappa shape index (κ1) is 19.3. The molecule has 0 unspecified atom stereocenters. The van der Waals surface area contributed by atoms with Gasteiger partial charge < -0.3 is 4.57 Å². The highest BCUT2D eigenvalue weighted by Gasteiger charge is 2.33. The highest BCUT2D eigenvalue weighted by molar-refractivity contribution is 8.18. The molecule has 27 heavy (non-hydrogen) atoms. The van der Waals surface area contributed by atoms with E-state index in [9.17, 15) is 13.6 Å². The van der Waals surface area contributed by atoms with Gasteiger partial charge in [-0.05, 0) is 55.4 Å². The van der Waals surface area contributed by atoms with Gasteiger partial charge in [-0.1, -0.05) is 6.07 Å². The van der Waals surface area contributed by atoms with Crippen LogP contribution in [0, 0.1) is 25.5 Å². The van der Waals surface area contributed by atoms with E-state index in [1.807, 2.05) is 24.5 Å². The molecule has 1 fully saturated rings. The first-order valence-electron chi connectivity index (χ1n) is 8.21. The monoisotopic (exact) mass is 391 g/mol. The van der Waals surface area contributed by atoms with Gasteiger partial charge in [-0.15, -0.1) is 0 Å². The van der Waals surface area contributed by atoms with Crippen molar-refractivity contribution < 1.29 is 18.4 Å². The highest BCUT2D eigenvalue weighted by atomic mass is 32.2. The standard InChI is InChI=1S/C19H19F2N3O2S/c1-11-8-13(9-17-18(25)24(26-4)19(22-3)27-17)12(2)23(11)10-14-15(20)6-5-7-16(14)21/h5-9H,10H2,1-4H3/b17-9-,22-19?. The molecule has 1 aromatic heterocycles. The molecule has 142 valence electrons. The number of carbonyl (C=O) groups is 1. The number of halogens is 2. The van der Waals surface area contributed by atoms with Crippen molar-refractivity contribution >= 4 is 28.9 Å². The van der Waals surface area contributed by atoms with Gasteiger partial charge in [0.1, 0.15) is 11.6 Å². The third-order valence-corrected chi connectivity index (χ3v) is 5.46. The summed E-state index contributed by atoms with van der Waals surface area (Å²) in [5.74, 6) is -1.46. The van der Waals surface area contributed by atoms with Crippen molar-refractivity contribution in [2.45, 2.75) is 20.4 Å². The van der Waals surface area contributed by atoms with Crippen LogP contribution in [-0.4, -0.2) is 34.9 Å². The zero-order chi connectivity index (χ0) is 19.7. The maximum absolute atomic E-state index is 14.0. The van der Waals surface area contributed by atoms with Crippen LogP contribution in [-0.2, 0) is 16.2 Å². The number of carbonyl (C=O) groups excluding carboxylic acids is 1. The molecular weight excluding hydrogens is 372 g/mol. The second-order valence-corrected chi connectivity index (χ2v) is 7.02. The summed E-state index contributed by atoms with van der Waals surface area (Å²) in [5, 5.41) is 1.58. The van der Waals surface area contributed by atoms with Crippen molar-refractivity contribution in [2.75, 3.05) is 14.2 Å². The van der Waals surface area contributed by atoms with Crippen molar-refractivity contribution in [1.29, 1.82) is 0 Å². The van der Waals surface area contributed by atoms with Gasteiger partial charge in [-0.25, -0.2) is 8.78 Å². The number of amides is 1. The Morgan fingerprint density at radius 3 is 2.48 bits per heavy atom. The van der Waals surface area contributed by atoms with E-state index in [-0.39, 0.29) is 18.0 Å². The molecule has 3 rings (SSSR count). The largest absolute Gasteiger partial charge is 0.344 e. The van der Waals surface area contributed by atoms with E-state index in [0.29, 0.717) is 10.1 Å². The van der Waals surface area contributed by atoms with E-state index in [0.717, 1.165) is 22.0 Å². The quantitative estimate of drug-likeness (QED) is 0.743. The van der Waals surface area contributed by atoms with Crippen LogP contribution in [0.1, 0.15) is 22.5 Å². The number of nitrogens with zero attached hydrogens (tertiary/aromatic N) is 3. The number of hydroxylamine groups is 2. The van der Waals surface area contributed by atoms with E-state index in [2.05, 4.69) is 4.99 Å². The molecule has 1 aromatic carbocycles. The summed E-state index contributed by atoms with van der Waals surface area (Å²) in [6.07, 6.45) is 1.74. The molecular formula is C19H19F2N3O2S. The zero-order valence-electron chi connectivity index (χ0n) is 15.4. The summed E-state index contributed by atoms with van der Waals surface area (Å²) < 4.78 is 29.8. The number of thioether (sulfide) groups is 1. The fraction of sp³-hybridized carbons (Fsp3) is 0.263. The predicted octanol–water partition coefficient (Wildman–Crippen LogP) is 3.89. The molecule has 0 spiro atoms. The lowest BCUT2D eigenvalue weighted by Gasteiger charge is -2.11. The number of aryl methyl sites for hydroxylation is 1. The molecule has 2 heterocycles. The number of hydrogen-bond acceptors (Lipinski definition) is 4. The normalized spacial score (nSPS) is 17.6. The molecule has 0 aliphatic carbocycles. The first-order valence-corrected chi connectivity index (χ1v) is 9.03. The SMILES string of the molecule is CN=C1S/C(=C\c2cc(C)n(Cc3c(F)cccc3F)c2C)C(=O)N1OC. The van der Waals surface area contributed by atoms with Crippen molar-refractivity contribution in [3.8, 4) is 0 Å². The topological polar surface area (TPSA) is 46.8 Å². The molecule has 0 N–H and O–H groups in total. The second kappa shape index (κ2) is 7.66. The Balaban J connectivity index is 1.96. The lowest BCUT2D eigenvalue weighted by Crippen LogP contribution is -2.27. The Morgan fingerprint density at radius 2 is 1.93 bits per heavy atom. The zero-order valence-corrected chi connectivity index (χ0v) is 16.2. The molecule has 1 saturated heterocycles. The Hall–Kier alpha value is -2.45. The van der Waals surface area contributed by atoms with Crippen molar-refractivity contribution in [3.05, 3.63) is 63.3 Å². The Bertz CT molecular complexity index is 946. The van der Waals surface area contributed by atoms with Crippen LogP contribution in [0.4, 0.5) is 8.78 Å². The number of aliphatic imine (C=N–C) groups is 1. The van der Waals surface area contributed by atoms with Gasteiger partial charge in [0.25, 0.3) is 5.91 Å². The summed E-state index contributed by atoms with van der Waals surface area (Å²) in [6, 6.07) is 5.71. The Morgan fingerprint density at radius 1 is 1.26 bits per heavy atom. The fourth-order valence-electron chi connectivity index (χ4n) is 2.96. The fourth-order valence-corrected chi connectivity index (χ4v) is 3.84. The lowest BCUT2D eigenvalue weighted by molar-refractivity contribution is -0.149. The van der Waals surface area contributed by atoms with E-state index in [1.54, 1.807) is 13.1 Å². The third kappa shape index (κ3) is 3.54. The van der Waals surface area contributed by atoms with Gasteiger partial charge in [-0.3, -0.25) is 14.6 Å². The number of rotatable bonds is 4. The highest BCUT2D eigenvalue weighted by Crippen LogP contribution is 2.33. The van der Waals surface area contributed by atoms with Crippen LogP contribution in [0.25, 0.3) is 6.08 Å². The molecule has 1 aliphatic rings. The summed E-state index contributed by atoms with van der Waals surface area (Å²) in [7, 11) is 2.99. The van der Waals surface area contributed by atoms with Crippen LogP contribution in [0.2, 0.25) is 0 Å². The molecule has 0 saturated carbocycles. The van der Waals surface area contributed by atoms with Gasteiger partial charge in [0, 0.05) is 24.0 Å². The summed E-state index contributed by atoms with van der Waals surface area (Å²) in [6.45, 7) is 3.79. The van der Waals surface area contributed by atoms with E-state index >= 15 is 0 Å². The summed E-state index contributed by atoms with van der Waals surface area (Å²) in [5.41, 5.74) is 2.46. The van der Waals surface area contributed by atoms with Crippen LogP contribution < -0.4 is 0 Å². The molecule has 8 heteroatoms. The number of aromatic nitrogens is 1. The lowest BCUT2D eigenvalue weighted by atomic mass is 10.2. The van der Waals surface area contributed by atoms with E-state index < -0.39 is 11.6 Å². The summed E-state index contributed by atoms with van der Waals surface area (Å²) >= 11 is 1.21. The number of amidine groups is 1. The first-order chi connectivity index (χ1) is 12.9. The van der Waals surface area contributed by atoms with Gasteiger partial charge in [0.05, 0.1) is 18.6 Å². The van der Waals surface area contributed by atoms with Crippen LogP contribution in [0.3, 0.4) is 0 Å². The van der Waals surface area contributed by atoms with Crippen molar-refractivity contribution in [3.63, 3.8) is 0 Å². The minimum Gasteiger partial charge on any atom is -0.344 e. The molecule has 0 radical (unpaired) electrons. The van der Waals surface area contributed by atoms with Gasteiger partial charge in [0.15, 0.2) is 5.17 Å². The molecule has 5 nitrogen and oxygen atoms in total. The van der Waals surface area contributed by atoms with E-state index in [1.165, 1.54) is 37.1 Å². The molecule has 1 amide bonds. The number of benzene rings is 1. The van der Waals surface area contributed by atoms with Crippen LogP contribution in [0.5, 0.6) is 0 Å². The molecule has 0 atom stereocenters. The minimum atomic E-state index is -0.580. The maximum Gasteiger partial charge on any atom is 0.291 e. The summed E-state index contributed by atoms with van der Waals surface area (Å²) in [4.78, 5) is 22.0. The second-order valence-electron chi connectivity index (χ2n) is 6.01. The van der Waals surface area contributed by atoms with E-state index in [4.69, 9.17) is 4.84 Å². The van der Waals surface area contributed by atoms with Crippen LogP contribution >= 0.6 is 11.8 Å². The van der Waals surface area contributed by atoms with Crippen molar-refractivity contribution in [1.82, 2.24) is 9.63 Å². The maximum atomic E-state index is 14.0. The van der Waals surface area contributed by atoms with Crippen LogP contribution in [0.15, 0.2) is 34.2 Å². The predicted molar refractivity (Wildman–Crippen MR) is 102 cm³/mol. The van der Waals surface area contributed by atoms with Gasteiger partial charge >= 0.3 is 0 Å². The molecule has 0 bridgehead atoms. The average molecular weight is 391 g/mol. The minimum absolute atomic E-state index is 0.00998. The van der Waals surface area contributed by atoms with Gasteiger partial charge in [0.2, 0.25) is 0 Å². The Labute approximate surface area is 160 Å². The third-order valence-electron chi connectivity index (χ3n) is 4.42. The number of hydrogen-bond donors (Lipinski definition) is 0. The van der Waals surface area contributed by atoms with Gasteiger partial charge in [-0.2, -0.15) is 5.06 Å². The smallest absolute Gasteiger partial charge is 0.291 e. The average Bonchev–Trinajstić information content (AvgIpc) is 3.08.